The molecule has 0 aromatic heterocycles. The van der Waals surface area contributed by atoms with Crippen molar-refractivity contribution in [2.75, 3.05) is 8.98 Å². The Morgan fingerprint density at radius 1 is 1.38 bits per heavy atom. The fourth-order valence-corrected chi connectivity index (χ4v) is 31.2. The molecule has 0 amide bonds. The van der Waals surface area contributed by atoms with Crippen LogP contribution in [-0.2, 0) is 0 Å². The molecule has 76 valence electrons. The predicted molar refractivity (Wildman–Crippen MR) is 59.1 cm³/mol. The maximum absolute atomic E-state index is 6.17. The fourth-order valence-electron chi connectivity index (χ4n) is 4.31. The molecule has 5 fully saturated rings. The van der Waals surface area contributed by atoms with Crippen LogP contribution < -0.4 is 26.9 Å². The Morgan fingerprint density at radius 2 is 2.31 bits per heavy atom. The zero-order valence-electron chi connectivity index (χ0n) is 7.68. The second kappa shape index (κ2) is 2.56. The van der Waals surface area contributed by atoms with E-state index < -0.39 is 19.8 Å². The van der Waals surface area contributed by atoms with E-state index in [9.17, 15) is 0 Å². The van der Waals surface area contributed by atoms with Crippen molar-refractivity contribution in [2.24, 2.45) is 17.6 Å². The van der Waals surface area contributed by atoms with Crippen molar-refractivity contribution in [1.29, 1.82) is 0 Å². The summed E-state index contributed by atoms with van der Waals surface area (Å²) in [4.78, 5) is 0. The Bertz CT molecular complexity index is 248. The minimum atomic E-state index is -0.522. The van der Waals surface area contributed by atoms with E-state index in [4.69, 9.17) is 5.73 Å². The quantitative estimate of drug-likeness (QED) is 0.415. The average molecular weight is 404 g/mol. The third kappa shape index (κ3) is 0.778. The molecule has 3 aliphatic heterocycles. The molecule has 0 aromatic rings. The van der Waals surface area contributed by atoms with Crippen LogP contribution in [0.25, 0.3) is 0 Å². The van der Waals surface area contributed by atoms with E-state index in [0.29, 0.717) is 21.2 Å². The van der Waals surface area contributed by atoms with E-state index in [2.05, 4.69) is 0 Å². The molecular formula is C10H16I2N-. The summed E-state index contributed by atoms with van der Waals surface area (Å²) >= 11 is 0.0959. The second-order valence-corrected chi connectivity index (χ2v) is 17.7. The van der Waals surface area contributed by atoms with Crippen molar-refractivity contribution in [3.63, 3.8) is 0 Å². The van der Waals surface area contributed by atoms with Crippen LogP contribution in [0.2, 0.25) is 0 Å². The van der Waals surface area contributed by atoms with Gasteiger partial charge in [-0.25, -0.2) is 0 Å². The molecule has 6 bridgehead atoms. The summed E-state index contributed by atoms with van der Waals surface area (Å²) in [5, 5.41) is 0. The summed E-state index contributed by atoms with van der Waals surface area (Å²) in [6.07, 6.45) is 4.93. The topological polar surface area (TPSA) is 26.0 Å². The first-order valence-corrected chi connectivity index (χ1v) is 11.9. The Hall–Kier alpha value is 1.42. The molecular weight excluding hydrogens is 388 g/mol. The van der Waals surface area contributed by atoms with Crippen molar-refractivity contribution >= 4 is 19.8 Å². The standard InChI is InChI=1S/C10H16I2N/c13-4-10-7-1-6-2-8(3-7)12(10)5-11-9(6)10/h6-9H,1-5,13H2/q-1/t6?,7?,8?,9?,10-/m0/s1. The van der Waals surface area contributed by atoms with Crippen LogP contribution in [0.1, 0.15) is 19.3 Å². The molecule has 0 radical (unpaired) electrons. The van der Waals surface area contributed by atoms with E-state index in [1.807, 2.05) is 0 Å². The van der Waals surface area contributed by atoms with Gasteiger partial charge in [0.1, 0.15) is 0 Å². The molecule has 3 saturated heterocycles. The van der Waals surface area contributed by atoms with Gasteiger partial charge in [0, 0.05) is 0 Å². The second-order valence-electron chi connectivity index (χ2n) is 4.95. The molecule has 3 heteroatoms. The number of hydrogen-bond acceptors (Lipinski definition) is 1. The number of rotatable bonds is 1. The van der Waals surface area contributed by atoms with Crippen LogP contribution in [0, 0.1) is 11.8 Å². The molecule has 13 heavy (non-hydrogen) atoms. The maximum atomic E-state index is 6.17. The minimum absolute atomic E-state index is 0.522. The Balaban J connectivity index is 1.91. The van der Waals surface area contributed by atoms with Gasteiger partial charge in [-0.05, 0) is 0 Å². The zero-order valence-corrected chi connectivity index (χ0v) is 12.0. The predicted octanol–water partition coefficient (Wildman–Crippen LogP) is -1.57. The van der Waals surface area contributed by atoms with Crippen LogP contribution in [0.5, 0.6) is 0 Å². The average Bonchev–Trinajstić information content (AvgIpc) is 2.66. The third-order valence-corrected chi connectivity index (χ3v) is 24.0. The molecule has 2 aliphatic carbocycles. The van der Waals surface area contributed by atoms with Crippen molar-refractivity contribution in [2.45, 2.75) is 30.5 Å². The monoisotopic (exact) mass is 404 g/mol. The molecule has 0 aromatic carbocycles. The molecule has 0 spiro atoms. The summed E-state index contributed by atoms with van der Waals surface area (Å²) in [5.41, 5.74) is 6.17. The Kier molecular flexibility index (Phi) is 1.69. The Labute approximate surface area is 97.2 Å². The van der Waals surface area contributed by atoms with E-state index in [1.54, 1.807) is 21.7 Å². The molecule has 4 unspecified atom stereocenters. The number of alkyl halides is 5. The van der Waals surface area contributed by atoms with Crippen LogP contribution in [0.3, 0.4) is 0 Å². The molecule has 2 N–H and O–H groups in total. The molecule has 5 rings (SSSR count). The van der Waals surface area contributed by atoms with Crippen LogP contribution in [0.4, 0.5) is 0 Å². The summed E-state index contributed by atoms with van der Waals surface area (Å²) in [6, 6.07) is 0. The van der Waals surface area contributed by atoms with E-state index >= 15 is 0 Å². The van der Waals surface area contributed by atoms with Gasteiger partial charge in [0.25, 0.3) is 0 Å². The van der Waals surface area contributed by atoms with Crippen molar-refractivity contribution < 1.29 is 21.2 Å². The van der Waals surface area contributed by atoms with Crippen LogP contribution in [0.15, 0.2) is 0 Å². The van der Waals surface area contributed by atoms with Gasteiger partial charge >= 0.3 is 98.1 Å². The number of hydrogen-bond donors (Lipinski definition) is 1. The van der Waals surface area contributed by atoms with Gasteiger partial charge in [-0.1, -0.05) is 0 Å². The van der Waals surface area contributed by atoms with Crippen molar-refractivity contribution in [3.8, 4) is 0 Å². The summed E-state index contributed by atoms with van der Waals surface area (Å²) in [7, 11) is 0. The van der Waals surface area contributed by atoms with Gasteiger partial charge in [-0.15, -0.1) is 0 Å². The van der Waals surface area contributed by atoms with Gasteiger partial charge in [0.05, 0.1) is 0 Å². The molecule has 5 aliphatic rings. The van der Waals surface area contributed by atoms with Gasteiger partial charge in [0.2, 0.25) is 0 Å². The number of nitrogens with two attached hydrogens (primary N) is 1. The summed E-state index contributed by atoms with van der Waals surface area (Å²) in [6.45, 7) is 1.11. The Morgan fingerprint density at radius 3 is 3.15 bits per heavy atom. The van der Waals surface area contributed by atoms with Gasteiger partial charge < -0.3 is 0 Å². The fraction of sp³-hybridized carbons (Fsp3) is 1.00. The molecule has 5 atom stereocenters. The van der Waals surface area contributed by atoms with Crippen LogP contribution >= 0.6 is 19.8 Å². The molecule has 3 heterocycles. The normalized spacial score (nSPS) is 64.5. The van der Waals surface area contributed by atoms with Gasteiger partial charge in [-0.3, -0.25) is 0 Å². The van der Waals surface area contributed by atoms with Crippen LogP contribution in [-0.4, -0.2) is 20.3 Å². The van der Waals surface area contributed by atoms with E-state index in [1.165, 1.54) is 13.8 Å². The van der Waals surface area contributed by atoms with E-state index in [0.717, 1.165) is 15.9 Å². The number of halogens is 2. The van der Waals surface area contributed by atoms with E-state index in [-0.39, 0.29) is 0 Å². The van der Waals surface area contributed by atoms with Crippen molar-refractivity contribution in [1.82, 2.24) is 0 Å². The van der Waals surface area contributed by atoms with Gasteiger partial charge in [0.15, 0.2) is 0 Å². The first-order valence-electron chi connectivity index (χ1n) is 5.28. The third-order valence-electron chi connectivity index (χ3n) is 4.71. The first kappa shape index (κ1) is 8.56. The zero-order chi connectivity index (χ0) is 8.63. The summed E-state index contributed by atoms with van der Waals surface area (Å²) in [5.74, 6) is 2.34. The first-order chi connectivity index (χ1) is 6.36. The molecule has 2 saturated carbocycles. The van der Waals surface area contributed by atoms with Gasteiger partial charge in [-0.2, -0.15) is 0 Å². The SMILES string of the molecule is NC[C@@]12C3CC4CC(C3)I1C[I-]C42. The molecule has 1 nitrogen and oxygen atoms in total. The summed E-state index contributed by atoms with van der Waals surface area (Å²) < 4.78 is 5.20. The van der Waals surface area contributed by atoms with Crippen molar-refractivity contribution in [3.05, 3.63) is 0 Å².